The molecule has 0 bridgehead atoms. The Morgan fingerprint density at radius 2 is 1.93 bits per heavy atom. The highest BCUT2D eigenvalue weighted by atomic mass is 79.9. The third-order valence-corrected chi connectivity index (χ3v) is 6.21. The van der Waals surface area contributed by atoms with Gasteiger partial charge < -0.3 is 0 Å². The van der Waals surface area contributed by atoms with Crippen molar-refractivity contribution in [2.75, 3.05) is 5.33 Å². The molecule has 0 fully saturated rings. The van der Waals surface area contributed by atoms with Crippen LogP contribution in [0.1, 0.15) is 5.56 Å². The van der Waals surface area contributed by atoms with Gasteiger partial charge in [-0.15, -0.1) is 0 Å². The van der Waals surface area contributed by atoms with Gasteiger partial charge in [0, 0.05) is 20.7 Å². The summed E-state index contributed by atoms with van der Waals surface area (Å²) in [6, 6.07) is 8.24. The minimum atomic E-state index is -0.528. The average Bonchev–Trinajstić information content (AvgIpc) is 2.23. The Morgan fingerprint density at radius 3 is 2.40 bits per heavy atom. The number of alkyl halides is 2. The monoisotopic (exact) mass is 457 g/mol. The third kappa shape index (κ3) is 3.85. The van der Waals surface area contributed by atoms with Crippen LogP contribution in [0.4, 0.5) is 0 Å². The maximum atomic E-state index is 9.02. The van der Waals surface area contributed by atoms with E-state index in [0.717, 1.165) is 14.5 Å². The van der Waals surface area contributed by atoms with Crippen molar-refractivity contribution in [1.82, 2.24) is 0 Å². The molecule has 0 saturated carbocycles. The molecule has 0 aliphatic heterocycles. The van der Waals surface area contributed by atoms with Crippen molar-refractivity contribution in [2.45, 2.75) is 10.7 Å². The van der Waals surface area contributed by atoms with Crippen LogP contribution in [-0.4, -0.2) is 9.65 Å². The van der Waals surface area contributed by atoms with Crippen molar-refractivity contribution in [3.63, 3.8) is 0 Å². The maximum Gasteiger partial charge on any atom is 0.126 e. The third-order valence-electron chi connectivity index (χ3n) is 1.88. The average molecular weight is 461 g/mol. The largest absolute Gasteiger partial charge is 0.197 e. The van der Waals surface area contributed by atoms with Crippen LogP contribution in [0.15, 0.2) is 27.1 Å². The number of hydrogen-bond donors (Lipinski definition) is 0. The fraction of sp³-hybridized carbons (Fsp3) is 0.300. The predicted molar refractivity (Wildman–Crippen MR) is 76.6 cm³/mol. The maximum absolute atomic E-state index is 9.02. The summed E-state index contributed by atoms with van der Waals surface area (Å²) in [7, 11) is 0. The lowest BCUT2D eigenvalue weighted by atomic mass is 10.0. The lowest BCUT2D eigenvalue weighted by molar-refractivity contribution is 0.830. The molecule has 0 heterocycles. The smallest absolute Gasteiger partial charge is 0.126 e. The lowest BCUT2D eigenvalue weighted by Crippen LogP contribution is -2.23. The molecule has 1 nitrogen and oxygen atoms in total. The molecule has 0 N–H and O–H groups in total. The lowest BCUT2D eigenvalue weighted by Gasteiger charge is -2.16. The first-order chi connectivity index (χ1) is 7.00. The zero-order valence-corrected chi connectivity index (χ0v) is 13.9. The fourth-order valence-corrected chi connectivity index (χ4v) is 2.41. The molecule has 1 aromatic carbocycles. The normalized spacial score (nSPS) is 14.3. The molecule has 0 spiro atoms. The van der Waals surface area contributed by atoms with Crippen LogP contribution in [0.25, 0.3) is 0 Å². The van der Waals surface area contributed by atoms with Crippen LogP contribution in [0.3, 0.4) is 0 Å². The molecule has 1 rings (SSSR count). The molecule has 5 heteroatoms. The quantitative estimate of drug-likeness (QED) is 0.594. The predicted octanol–water partition coefficient (Wildman–Crippen LogP) is 4.81. The Hall–Kier alpha value is 0.630. The Bertz CT molecular complexity index is 399. The minimum absolute atomic E-state index is 0.528. The number of hydrogen-bond acceptors (Lipinski definition) is 1. The molecule has 0 aliphatic rings. The van der Waals surface area contributed by atoms with E-state index in [4.69, 9.17) is 5.26 Å². The zero-order chi connectivity index (χ0) is 11.5. The molecule has 0 amide bonds. The van der Waals surface area contributed by atoms with E-state index in [-0.39, 0.29) is 0 Å². The Labute approximate surface area is 123 Å². The molecular weight excluding hydrogens is 454 g/mol. The number of nitrogens with zero attached hydrogens (tertiary/aromatic N) is 1. The van der Waals surface area contributed by atoms with E-state index in [1.807, 2.05) is 18.2 Å². The highest BCUT2D eigenvalue weighted by molar-refractivity contribution is 9.13. The van der Waals surface area contributed by atoms with Crippen LogP contribution in [0, 0.1) is 11.3 Å². The molecule has 15 heavy (non-hydrogen) atoms. The topological polar surface area (TPSA) is 23.8 Å². The SMILES string of the molecule is N#CC(Br)(CBr)Cc1ccc(Br)c(Br)c1. The molecule has 0 radical (unpaired) electrons. The van der Waals surface area contributed by atoms with Gasteiger partial charge in [0.2, 0.25) is 0 Å². The number of benzene rings is 1. The molecule has 1 unspecified atom stereocenters. The zero-order valence-electron chi connectivity index (χ0n) is 7.61. The number of halogens is 4. The fourth-order valence-electron chi connectivity index (χ4n) is 1.09. The molecule has 80 valence electrons. The molecular formula is C10H7Br4N. The van der Waals surface area contributed by atoms with Gasteiger partial charge in [0.05, 0.1) is 6.07 Å². The van der Waals surface area contributed by atoms with Crippen LogP contribution < -0.4 is 0 Å². The molecule has 0 saturated heterocycles. The van der Waals surface area contributed by atoms with Crippen molar-refractivity contribution in [1.29, 1.82) is 5.26 Å². The first kappa shape index (κ1) is 13.7. The second-order valence-electron chi connectivity index (χ2n) is 3.14. The molecule has 1 aromatic rings. The summed E-state index contributed by atoms with van der Waals surface area (Å²) in [6.45, 7) is 0. The van der Waals surface area contributed by atoms with E-state index in [0.29, 0.717) is 11.8 Å². The van der Waals surface area contributed by atoms with Crippen molar-refractivity contribution in [3.05, 3.63) is 32.7 Å². The number of nitriles is 1. The standard InChI is InChI=1S/C10H7Br4N/c11-5-10(14,6-15)4-7-1-2-8(12)9(13)3-7/h1-3H,4-5H2. The second-order valence-corrected chi connectivity index (χ2v) is 6.92. The summed E-state index contributed by atoms with van der Waals surface area (Å²) < 4.78 is 1.49. The van der Waals surface area contributed by atoms with E-state index in [1.54, 1.807) is 0 Å². The summed E-state index contributed by atoms with van der Waals surface area (Å²) in [5.74, 6) is 0. The van der Waals surface area contributed by atoms with Crippen molar-refractivity contribution < 1.29 is 0 Å². The molecule has 0 aliphatic carbocycles. The van der Waals surface area contributed by atoms with Gasteiger partial charge >= 0.3 is 0 Å². The van der Waals surface area contributed by atoms with Gasteiger partial charge in [0.1, 0.15) is 4.32 Å². The van der Waals surface area contributed by atoms with E-state index in [9.17, 15) is 0 Å². The van der Waals surface area contributed by atoms with Gasteiger partial charge in [-0.25, -0.2) is 0 Å². The van der Waals surface area contributed by atoms with Crippen molar-refractivity contribution in [3.8, 4) is 6.07 Å². The van der Waals surface area contributed by atoms with Gasteiger partial charge in [-0.2, -0.15) is 5.26 Å². The molecule has 0 aromatic heterocycles. The van der Waals surface area contributed by atoms with Gasteiger partial charge in [-0.1, -0.05) is 37.9 Å². The molecule has 1 atom stereocenters. The van der Waals surface area contributed by atoms with Crippen LogP contribution >= 0.6 is 63.7 Å². The highest BCUT2D eigenvalue weighted by Crippen LogP contribution is 2.29. The van der Waals surface area contributed by atoms with Gasteiger partial charge in [-0.3, -0.25) is 0 Å². The van der Waals surface area contributed by atoms with E-state index >= 15 is 0 Å². The minimum Gasteiger partial charge on any atom is -0.197 e. The first-order valence-electron chi connectivity index (χ1n) is 4.11. The van der Waals surface area contributed by atoms with Gasteiger partial charge in [0.15, 0.2) is 0 Å². The van der Waals surface area contributed by atoms with E-state index in [2.05, 4.69) is 69.8 Å². The highest BCUT2D eigenvalue weighted by Gasteiger charge is 2.25. The summed E-state index contributed by atoms with van der Waals surface area (Å²) in [4.78, 5) is 0. The first-order valence-corrected chi connectivity index (χ1v) is 7.61. The Balaban J connectivity index is 2.91. The summed E-state index contributed by atoms with van der Waals surface area (Å²) in [5.41, 5.74) is 1.11. The van der Waals surface area contributed by atoms with E-state index in [1.165, 1.54) is 0 Å². The second kappa shape index (κ2) is 5.81. The van der Waals surface area contributed by atoms with E-state index < -0.39 is 4.32 Å². The van der Waals surface area contributed by atoms with Crippen molar-refractivity contribution >= 4 is 63.7 Å². The summed E-state index contributed by atoms with van der Waals surface area (Å²) in [6.07, 6.45) is 0.667. The van der Waals surface area contributed by atoms with Crippen molar-refractivity contribution in [2.24, 2.45) is 0 Å². The number of rotatable bonds is 3. The Morgan fingerprint density at radius 1 is 1.27 bits per heavy atom. The Kier molecular flexibility index (Phi) is 5.30. The van der Waals surface area contributed by atoms with Gasteiger partial charge in [-0.05, 0) is 49.6 Å². The summed E-state index contributed by atoms with van der Waals surface area (Å²) >= 11 is 13.6. The van der Waals surface area contributed by atoms with Gasteiger partial charge in [0.25, 0.3) is 0 Å². The van der Waals surface area contributed by atoms with Crippen LogP contribution in [0.2, 0.25) is 0 Å². The summed E-state index contributed by atoms with van der Waals surface area (Å²) in [5, 5.41) is 9.62. The van der Waals surface area contributed by atoms with Crippen LogP contribution in [0.5, 0.6) is 0 Å². The van der Waals surface area contributed by atoms with Crippen LogP contribution in [-0.2, 0) is 6.42 Å².